The standard InChI is InChI=1S/C8H14N6/c9-8-6(4-13-14-8)3-12-7-5-10-1-2-11-7/h1-2,5-6,8,13-14H,3-4,9H2,(H,11,12). The second-order valence-electron chi connectivity index (χ2n) is 3.28. The Bertz CT molecular complexity index is 276. The normalized spacial score (nSPS) is 26.4. The Hall–Kier alpha value is -1.24. The van der Waals surface area contributed by atoms with Crippen LogP contribution in [-0.2, 0) is 0 Å². The second kappa shape index (κ2) is 4.32. The van der Waals surface area contributed by atoms with Crippen molar-refractivity contribution in [2.75, 3.05) is 18.4 Å². The first-order valence-electron chi connectivity index (χ1n) is 4.60. The third kappa shape index (κ3) is 2.16. The molecule has 0 saturated carbocycles. The fraction of sp³-hybridized carbons (Fsp3) is 0.500. The summed E-state index contributed by atoms with van der Waals surface area (Å²) in [4.78, 5) is 8.07. The zero-order valence-electron chi connectivity index (χ0n) is 7.77. The molecule has 76 valence electrons. The predicted octanol–water partition coefficient (Wildman–Crippen LogP) is -1.10. The molecule has 5 N–H and O–H groups in total. The van der Waals surface area contributed by atoms with Gasteiger partial charge in [0.15, 0.2) is 0 Å². The molecule has 0 spiro atoms. The molecule has 2 heterocycles. The van der Waals surface area contributed by atoms with E-state index in [2.05, 4.69) is 26.1 Å². The molecule has 0 amide bonds. The van der Waals surface area contributed by atoms with Crippen LogP contribution in [0.3, 0.4) is 0 Å². The molecule has 1 fully saturated rings. The smallest absolute Gasteiger partial charge is 0.144 e. The third-order valence-corrected chi connectivity index (χ3v) is 2.25. The molecule has 0 radical (unpaired) electrons. The zero-order valence-corrected chi connectivity index (χ0v) is 7.77. The minimum absolute atomic E-state index is 0.000767. The number of aromatic nitrogens is 2. The van der Waals surface area contributed by atoms with Gasteiger partial charge >= 0.3 is 0 Å². The van der Waals surface area contributed by atoms with Gasteiger partial charge in [0.05, 0.1) is 12.4 Å². The predicted molar refractivity (Wildman–Crippen MR) is 53.1 cm³/mol. The molecule has 1 saturated heterocycles. The van der Waals surface area contributed by atoms with Gasteiger partial charge in [-0.25, -0.2) is 10.4 Å². The van der Waals surface area contributed by atoms with E-state index < -0.39 is 0 Å². The highest BCUT2D eigenvalue weighted by molar-refractivity contribution is 5.29. The molecule has 1 aliphatic heterocycles. The molecule has 2 unspecified atom stereocenters. The Balaban J connectivity index is 1.82. The van der Waals surface area contributed by atoms with Gasteiger partial charge in [0.25, 0.3) is 0 Å². The van der Waals surface area contributed by atoms with Gasteiger partial charge < -0.3 is 11.1 Å². The molecule has 1 aromatic heterocycles. The highest BCUT2D eigenvalue weighted by atomic mass is 15.4. The fourth-order valence-corrected chi connectivity index (χ4v) is 1.38. The number of anilines is 1. The van der Waals surface area contributed by atoms with Crippen molar-refractivity contribution < 1.29 is 0 Å². The molecule has 1 aliphatic rings. The van der Waals surface area contributed by atoms with Crippen LogP contribution in [0.2, 0.25) is 0 Å². The van der Waals surface area contributed by atoms with Gasteiger partial charge in [-0.15, -0.1) is 0 Å². The van der Waals surface area contributed by atoms with E-state index in [1.165, 1.54) is 0 Å². The van der Waals surface area contributed by atoms with Gasteiger partial charge in [-0.3, -0.25) is 10.4 Å². The Morgan fingerprint density at radius 2 is 2.50 bits per heavy atom. The lowest BCUT2D eigenvalue weighted by Gasteiger charge is -2.14. The molecule has 14 heavy (non-hydrogen) atoms. The summed E-state index contributed by atoms with van der Waals surface area (Å²) >= 11 is 0. The summed E-state index contributed by atoms with van der Waals surface area (Å²) in [5.41, 5.74) is 11.8. The second-order valence-corrected chi connectivity index (χ2v) is 3.28. The summed E-state index contributed by atoms with van der Waals surface area (Å²) in [6, 6.07) is 0. The molecule has 2 rings (SSSR count). The first-order valence-corrected chi connectivity index (χ1v) is 4.60. The summed E-state index contributed by atoms with van der Waals surface area (Å²) in [5.74, 6) is 1.16. The van der Waals surface area contributed by atoms with E-state index in [0.717, 1.165) is 18.9 Å². The molecule has 6 heteroatoms. The number of hydrogen-bond acceptors (Lipinski definition) is 6. The maximum Gasteiger partial charge on any atom is 0.144 e. The molecule has 1 aromatic rings. The Morgan fingerprint density at radius 1 is 1.57 bits per heavy atom. The number of rotatable bonds is 3. The average molecular weight is 194 g/mol. The van der Waals surface area contributed by atoms with E-state index in [1.54, 1.807) is 18.6 Å². The van der Waals surface area contributed by atoms with E-state index in [1.807, 2.05) is 0 Å². The topological polar surface area (TPSA) is 87.9 Å². The Labute approximate surface area is 82.3 Å². The lowest BCUT2D eigenvalue weighted by Crippen LogP contribution is -2.41. The number of nitrogens with one attached hydrogen (secondary N) is 3. The van der Waals surface area contributed by atoms with Crippen molar-refractivity contribution in [3.05, 3.63) is 18.6 Å². The monoisotopic (exact) mass is 194 g/mol. The van der Waals surface area contributed by atoms with Gasteiger partial charge in [0.2, 0.25) is 0 Å². The summed E-state index contributed by atoms with van der Waals surface area (Å²) in [6.45, 7) is 1.66. The SMILES string of the molecule is NC1NNCC1CNc1cnccn1. The first kappa shape index (κ1) is 9.32. The quantitative estimate of drug-likeness (QED) is 0.488. The van der Waals surface area contributed by atoms with Crippen molar-refractivity contribution in [2.45, 2.75) is 6.17 Å². The van der Waals surface area contributed by atoms with E-state index >= 15 is 0 Å². The maximum absolute atomic E-state index is 5.79. The highest BCUT2D eigenvalue weighted by Crippen LogP contribution is 2.05. The molecule has 2 atom stereocenters. The third-order valence-electron chi connectivity index (χ3n) is 2.25. The van der Waals surface area contributed by atoms with Gasteiger partial charge in [-0.1, -0.05) is 0 Å². The number of nitrogens with two attached hydrogens (primary N) is 1. The Kier molecular flexibility index (Phi) is 2.87. The summed E-state index contributed by atoms with van der Waals surface area (Å²) in [5, 5.41) is 3.18. The van der Waals surface area contributed by atoms with Crippen molar-refractivity contribution in [3.63, 3.8) is 0 Å². The Morgan fingerprint density at radius 3 is 3.14 bits per heavy atom. The van der Waals surface area contributed by atoms with Crippen molar-refractivity contribution >= 4 is 5.82 Å². The minimum Gasteiger partial charge on any atom is -0.368 e. The lowest BCUT2D eigenvalue weighted by atomic mass is 10.1. The lowest BCUT2D eigenvalue weighted by molar-refractivity contribution is 0.487. The van der Waals surface area contributed by atoms with Gasteiger partial charge in [0, 0.05) is 31.4 Å². The van der Waals surface area contributed by atoms with Crippen LogP contribution in [0.15, 0.2) is 18.6 Å². The van der Waals surface area contributed by atoms with Crippen LogP contribution < -0.4 is 21.9 Å². The van der Waals surface area contributed by atoms with Crippen molar-refractivity contribution in [1.82, 2.24) is 20.8 Å². The van der Waals surface area contributed by atoms with Crippen LogP contribution in [0.25, 0.3) is 0 Å². The molecule has 6 nitrogen and oxygen atoms in total. The van der Waals surface area contributed by atoms with E-state index in [-0.39, 0.29) is 6.17 Å². The van der Waals surface area contributed by atoms with E-state index in [9.17, 15) is 0 Å². The summed E-state index contributed by atoms with van der Waals surface area (Å²) in [7, 11) is 0. The van der Waals surface area contributed by atoms with Crippen LogP contribution >= 0.6 is 0 Å². The largest absolute Gasteiger partial charge is 0.368 e. The van der Waals surface area contributed by atoms with E-state index in [4.69, 9.17) is 5.73 Å². The summed E-state index contributed by atoms with van der Waals surface area (Å²) < 4.78 is 0. The molecule has 0 aliphatic carbocycles. The fourth-order valence-electron chi connectivity index (χ4n) is 1.38. The van der Waals surface area contributed by atoms with Crippen LogP contribution in [0.5, 0.6) is 0 Å². The first-order chi connectivity index (χ1) is 6.86. The van der Waals surface area contributed by atoms with Gasteiger partial charge in [-0.2, -0.15) is 0 Å². The zero-order chi connectivity index (χ0) is 9.80. The van der Waals surface area contributed by atoms with Crippen LogP contribution in [0.1, 0.15) is 0 Å². The summed E-state index contributed by atoms with van der Waals surface area (Å²) in [6.07, 6.45) is 5.00. The number of hydrogen-bond donors (Lipinski definition) is 4. The van der Waals surface area contributed by atoms with Crippen molar-refractivity contribution in [2.24, 2.45) is 11.7 Å². The number of hydrazine groups is 1. The van der Waals surface area contributed by atoms with Crippen LogP contribution in [0.4, 0.5) is 5.82 Å². The van der Waals surface area contributed by atoms with Crippen molar-refractivity contribution in [3.8, 4) is 0 Å². The van der Waals surface area contributed by atoms with Crippen LogP contribution in [-0.4, -0.2) is 29.2 Å². The molecule has 0 aromatic carbocycles. The van der Waals surface area contributed by atoms with Crippen molar-refractivity contribution in [1.29, 1.82) is 0 Å². The molecular weight excluding hydrogens is 180 g/mol. The van der Waals surface area contributed by atoms with E-state index in [0.29, 0.717) is 5.92 Å². The highest BCUT2D eigenvalue weighted by Gasteiger charge is 2.22. The number of nitrogens with zero attached hydrogens (tertiary/aromatic N) is 2. The van der Waals surface area contributed by atoms with Crippen LogP contribution in [0, 0.1) is 5.92 Å². The molecule has 0 bridgehead atoms. The van der Waals surface area contributed by atoms with Gasteiger partial charge in [0.1, 0.15) is 5.82 Å². The average Bonchev–Trinajstić information content (AvgIpc) is 2.63. The van der Waals surface area contributed by atoms with Gasteiger partial charge in [-0.05, 0) is 0 Å². The molecular formula is C8H14N6. The minimum atomic E-state index is -0.000767. The maximum atomic E-state index is 5.79.